The Balaban J connectivity index is 2.44. The van der Waals surface area contributed by atoms with Crippen LogP contribution in [-0.4, -0.2) is 20.7 Å². The molecule has 66 valence electrons. The Kier molecular flexibility index (Phi) is 1.59. The highest BCUT2D eigenvalue weighted by Gasteiger charge is 2.04. The van der Waals surface area contributed by atoms with Gasteiger partial charge in [0, 0.05) is 6.20 Å². The van der Waals surface area contributed by atoms with Crippen molar-refractivity contribution in [1.82, 2.24) is 14.6 Å². The van der Waals surface area contributed by atoms with Crippen LogP contribution in [0.2, 0.25) is 0 Å². The van der Waals surface area contributed by atoms with Gasteiger partial charge in [0.1, 0.15) is 0 Å². The number of carbonyl (C=O) groups is 1. The highest BCUT2D eigenvalue weighted by molar-refractivity contribution is 5.67. The summed E-state index contributed by atoms with van der Waals surface area (Å²) >= 11 is 0. The van der Waals surface area contributed by atoms with Gasteiger partial charge in [-0.1, -0.05) is 0 Å². The monoisotopic (exact) mass is 178 g/mol. The van der Waals surface area contributed by atoms with Crippen molar-refractivity contribution in [2.75, 3.05) is 0 Å². The van der Waals surface area contributed by atoms with Gasteiger partial charge in [-0.05, 0) is 12.1 Å². The Morgan fingerprint density at radius 3 is 3.15 bits per heavy atom. The summed E-state index contributed by atoms with van der Waals surface area (Å²) in [6.07, 6.45) is 2.19. The number of nitrogens with two attached hydrogens (primary N) is 1. The number of carbonyl (C=O) groups excluding carboxylic acids is 1. The number of imidazole rings is 1. The van der Waals surface area contributed by atoms with Crippen LogP contribution in [0.5, 0.6) is 5.88 Å². The van der Waals surface area contributed by atoms with Gasteiger partial charge >= 0.3 is 6.09 Å². The van der Waals surface area contributed by atoms with E-state index in [9.17, 15) is 4.79 Å². The Hall–Kier alpha value is -2.11. The molecule has 1 amide bonds. The van der Waals surface area contributed by atoms with E-state index in [2.05, 4.69) is 14.8 Å². The molecule has 0 saturated heterocycles. The number of primary amides is 1. The normalized spacial score (nSPS) is 10.2. The first-order valence-electron chi connectivity index (χ1n) is 3.53. The SMILES string of the molecule is NC(=O)Oc1cn2ncccc2n1. The molecule has 0 saturated carbocycles. The zero-order valence-corrected chi connectivity index (χ0v) is 6.54. The van der Waals surface area contributed by atoms with Crippen LogP contribution in [0, 0.1) is 0 Å². The maximum atomic E-state index is 10.4. The molecule has 0 unspecified atom stereocenters. The number of aromatic nitrogens is 3. The standard InChI is InChI=1S/C7H6N4O2/c8-7(12)13-6-4-11-5(10-6)2-1-3-9-11/h1-4H,(H2,8,12). The van der Waals surface area contributed by atoms with Crippen molar-refractivity contribution in [2.45, 2.75) is 0 Å². The molecule has 13 heavy (non-hydrogen) atoms. The Morgan fingerprint density at radius 1 is 1.62 bits per heavy atom. The quantitative estimate of drug-likeness (QED) is 0.675. The zero-order chi connectivity index (χ0) is 9.26. The van der Waals surface area contributed by atoms with Crippen LogP contribution in [0.15, 0.2) is 24.5 Å². The minimum Gasteiger partial charge on any atom is -0.390 e. The molecular formula is C7H6N4O2. The Bertz CT molecular complexity index is 417. The third-order valence-corrected chi connectivity index (χ3v) is 1.42. The first kappa shape index (κ1) is 7.53. The average Bonchev–Trinajstić information content (AvgIpc) is 2.44. The van der Waals surface area contributed by atoms with Gasteiger partial charge in [-0.2, -0.15) is 10.1 Å². The molecular weight excluding hydrogens is 172 g/mol. The van der Waals surface area contributed by atoms with Gasteiger partial charge in [-0.25, -0.2) is 9.31 Å². The van der Waals surface area contributed by atoms with E-state index in [4.69, 9.17) is 5.73 Å². The summed E-state index contributed by atoms with van der Waals surface area (Å²) in [6, 6.07) is 3.47. The topological polar surface area (TPSA) is 82.5 Å². The summed E-state index contributed by atoms with van der Waals surface area (Å²) in [6.45, 7) is 0. The third-order valence-electron chi connectivity index (χ3n) is 1.42. The van der Waals surface area contributed by atoms with Crippen molar-refractivity contribution in [1.29, 1.82) is 0 Å². The second-order valence-electron chi connectivity index (χ2n) is 2.33. The van der Waals surface area contributed by atoms with E-state index in [0.717, 1.165) is 0 Å². The summed E-state index contributed by atoms with van der Waals surface area (Å²) in [5.74, 6) is 0.145. The van der Waals surface area contributed by atoms with Gasteiger partial charge < -0.3 is 10.5 Å². The van der Waals surface area contributed by atoms with Gasteiger partial charge in [0.2, 0.25) is 5.88 Å². The van der Waals surface area contributed by atoms with Crippen LogP contribution in [0.4, 0.5) is 4.79 Å². The fourth-order valence-corrected chi connectivity index (χ4v) is 0.962. The van der Waals surface area contributed by atoms with Gasteiger partial charge in [0.15, 0.2) is 5.65 Å². The molecule has 0 spiro atoms. The number of fused-ring (bicyclic) bond motifs is 1. The number of amides is 1. The molecule has 0 bridgehead atoms. The molecule has 0 aliphatic heterocycles. The van der Waals surface area contributed by atoms with E-state index in [0.29, 0.717) is 5.65 Å². The molecule has 0 aromatic carbocycles. The Labute approximate surface area is 72.9 Å². The summed E-state index contributed by atoms with van der Waals surface area (Å²) in [5.41, 5.74) is 5.41. The van der Waals surface area contributed by atoms with E-state index in [1.54, 1.807) is 18.3 Å². The van der Waals surface area contributed by atoms with Crippen LogP contribution >= 0.6 is 0 Å². The molecule has 0 fully saturated rings. The molecule has 2 aromatic heterocycles. The van der Waals surface area contributed by atoms with Gasteiger partial charge in [0.25, 0.3) is 0 Å². The molecule has 0 atom stereocenters. The molecule has 6 heteroatoms. The van der Waals surface area contributed by atoms with Crippen molar-refractivity contribution in [3.05, 3.63) is 24.5 Å². The summed E-state index contributed by atoms with van der Waals surface area (Å²) in [7, 11) is 0. The molecule has 0 aliphatic rings. The van der Waals surface area contributed by atoms with Crippen LogP contribution in [-0.2, 0) is 0 Å². The lowest BCUT2D eigenvalue weighted by atomic mass is 10.6. The largest absolute Gasteiger partial charge is 0.411 e. The van der Waals surface area contributed by atoms with E-state index in [1.165, 1.54) is 10.7 Å². The predicted octanol–water partition coefficient (Wildman–Crippen LogP) is 0.187. The minimum absolute atomic E-state index is 0.145. The fourth-order valence-electron chi connectivity index (χ4n) is 0.962. The number of nitrogens with zero attached hydrogens (tertiary/aromatic N) is 3. The minimum atomic E-state index is -0.886. The maximum absolute atomic E-state index is 10.4. The summed E-state index contributed by atoms with van der Waals surface area (Å²) < 4.78 is 6.05. The lowest BCUT2D eigenvalue weighted by Crippen LogP contribution is -2.16. The Morgan fingerprint density at radius 2 is 2.46 bits per heavy atom. The van der Waals surface area contributed by atoms with Crippen LogP contribution in [0.1, 0.15) is 0 Å². The molecule has 2 rings (SSSR count). The van der Waals surface area contributed by atoms with Crippen LogP contribution < -0.4 is 10.5 Å². The van der Waals surface area contributed by atoms with Crippen molar-refractivity contribution < 1.29 is 9.53 Å². The first-order chi connectivity index (χ1) is 6.25. The average molecular weight is 178 g/mol. The highest BCUT2D eigenvalue weighted by atomic mass is 16.6. The second-order valence-corrected chi connectivity index (χ2v) is 2.33. The molecule has 2 aromatic rings. The second kappa shape index (κ2) is 2.74. The van der Waals surface area contributed by atoms with Crippen molar-refractivity contribution in [3.8, 4) is 5.88 Å². The van der Waals surface area contributed by atoms with Crippen LogP contribution in [0.3, 0.4) is 0 Å². The lowest BCUT2D eigenvalue weighted by molar-refractivity contribution is 0.209. The smallest absolute Gasteiger partial charge is 0.390 e. The summed E-state index contributed by atoms with van der Waals surface area (Å²) in [4.78, 5) is 14.3. The van der Waals surface area contributed by atoms with E-state index >= 15 is 0 Å². The molecule has 0 aliphatic carbocycles. The number of hydrogen-bond acceptors (Lipinski definition) is 4. The van der Waals surface area contributed by atoms with Crippen molar-refractivity contribution >= 4 is 11.7 Å². The molecule has 0 radical (unpaired) electrons. The molecule has 2 heterocycles. The van der Waals surface area contributed by atoms with Gasteiger partial charge in [-0.3, -0.25) is 0 Å². The number of hydrogen-bond donors (Lipinski definition) is 1. The third kappa shape index (κ3) is 1.41. The van der Waals surface area contributed by atoms with E-state index in [-0.39, 0.29) is 5.88 Å². The van der Waals surface area contributed by atoms with Crippen LogP contribution in [0.25, 0.3) is 5.65 Å². The van der Waals surface area contributed by atoms with Gasteiger partial charge in [-0.15, -0.1) is 0 Å². The van der Waals surface area contributed by atoms with Gasteiger partial charge in [0.05, 0.1) is 6.20 Å². The number of rotatable bonds is 1. The van der Waals surface area contributed by atoms with E-state index in [1.807, 2.05) is 0 Å². The fraction of sp³-hybridized carbons (Fsp3) is 0. The highest BCUT2D eigenvalue weighted by Crippen LogP contribution is 2.09. The first-order valence-corrected chi connectivity index (χ1v) is 3.53. The zero-order valence-electron chi connectivity index (χ0n) is 6.54. The number of ether oxygens (including phenoxy) is 1. The van der Waals surface area contributed by atoms with Crippen molar-refractivity contribution in [2.24, 2.45) is 5.73 Å². The lowest BCUT2D eigenvalue weighted by Gasteiger charge is -1.90. The van der Waals surface area contributed by atoms with E-state index < -0.39 is 6.09 Å². The maximum Gasteiger partial charge on any atom is 0.411 e. The predicted molar refractivity (Wildman–Crippen MR) is 43.2 cm³/mol. The van der Waals surface area contributed by atoms with Crippen molar-refractivity contribution in [3.63, 3.8) is 0 Å². The summed E-state index contributed by atoms with van der Waals surface area (Å²) in [5, 5.41) is 3.93. The molecule has 6 nitrogen and oxygen atoms in total. The molecule has 2 N–H and O–H groups in total.